The highest BCUT2D eigenvalue weighted by molar-refractivity contribution is 14.1. The first-order valence-corrected chi connectivity index (χ1v) is 9.62. The monoisotopic (exact) mass is 418 g/mol. The van der Waals surface area contributed by atoms with E-state index in [1.807, 2.05) is 0 Å². The van der Waals surface area contributed by atoms with Crippen LogP contribution in [0.25, 0.3) is 0 Å². The summed E-state index contributed by atoms with van der Waals surface area (Å²) in [4.78, 5) is 0. The molecule has 0 unspecified atom stereocenters. The van der Waals surface area contributed by atoms with Crippen LogP contribution >= 0.6 is 22.6 Å². The van der Waals surface area contributed by atoms with Crippen molar-refractivity contribution in [3.8, 4) is 11.8 Å². The predicted octanol–water partition coefficient (Wildman–Crippen LogP) is 5.55. The van der Waals surface area contributed by atoms with Crippen molar-refractivity contribution in [2.45, 2.75) is 36.7 Å². The SMILES string of the molecule is ICc1ccc(COCC#CCCCCc2ccccc2)cc1. The summed E-state index contributed by atoms with van der Waals surface area (Å²) in [5.41, 5.74) is 3.98. The van der Waals surface area contributed by atoms with Crippen LogP contribution in [0.2, 0.25) is 0 Å². The fourth-order valence-corrected chi connectivity index (χ4v) is 2.78. The summed E-state index contributed by atoms with van der Waals surface area (Å²) in [6.45, 7) is 1.16. The molecule has 120 valence electrons. The van der Waals surface area contributed by atoms with Gasteiger partial charge in [0.25, 0.3) is 0 Å². The van der Waals surface area contributed by atoms with Crippen LogP contribution in [0.1, 0.15) is 36.0 Å². The van der Waals surface area contributed by atoms with E-state index < -0.39 is 0 Å². The molecule has 0 aliphatic carbocycles. The highest BCUT2D eigenvalue weighted by atomic mass is 127. The molecule has 0 radical (unpaired) electrons. The molecule has 2 rings (SSSR count). The number of halogens is 1. The lowest BCUT2D eigenvalue weighted by molar-refractivity contribution is 0.153. The second kappa shape index (κ2) is 11.3. The van der Waals surface area contributed by atoms with Gasteiger partial charge in [-0.25, -0.2) is 0 Å². The molecule has 2 heteroatoms. The third kappa shape index (κ3) is 7.67. The van der Waals surface area contributed by atoms with E-state index >= 15 is 0 Å². The first-order valence-electron chi connectivity index (χ1n) is 8.09. The van der Waals surface area contributed by atoms with E-state index in [4.69, 9.17) is 4.74 Å². The molecule has 0 aliphatic rings. The molecule has 2 aromatic rings. The Bertz CT molecular complexity index is 608. The van der Waals surface area contributed by atoms with Crippen LogP contribution in [0, 0.1) is 11.8 Å². The molecule has 0 spiro atoms. The van der Waals surface area contributed by atoms with Crippen molar-refractivity contribution in [3.05, 3.63) is 71.3 Å². The predicted molar refractivity (Wildman–Crippen MR) is 106 cm³/mol. The van der Waals surface area contributed by atoms with Gasteiger partial charge in [0.2, 0.25) is 0 Å². The average molecular weight is 418 g/mol. The number of aryl methyl sites for hydroxylation is 1. The first kappa shape index (κ1) is 18.0. The maximum absolute atomic E-state index is 5.59. The number of alkyl halides is 1. The number of benzene rings is 2. The summed E-state index contributed by atoms with van der Waals surface area (Å²) in [5.74, 6) is 6.30. The largest absolute Gasteiger partial charge is 0.364 e. The second-order valence-corrected chi connectivity index (χ2v) is 6.25. The highest BCUT2D eigenvalue weighted by Crippen LogP contribution is 2.09. The molecule has 0 saturated heterocycles. The Hall–Kier alpha value is -1.31. The van der Waals surface area contributed by atoms with Crippen LogP contribution in [0.15, 0.2) is 54.6 Å². The van der Waals surface area contributed by atoms with Gasteiger partial charge in [-0.05, 0) is 36.0 Å². The van der Waals surface area contributed by atoms with Gasteiger partial charge >= 0.3 is 0 Å². The summed E-state index contributed by atoms with van der Waals surface area (Å²) in [7, 11) is 0. The van der Waals surface area contributed by atoms with Crippen LogP contribution < -0.4 is 0 Å². The number of rotatable bonds is 8. The highest BCUT2D eigenvalue weighted by Gasteiger charge is 1.94. The molecular weight excluding hydrogens is 395 g/mol. The van der Waals surface area contributed by atoms with Crippen LogP contribution in [-0.2, 0) is 22.2 Å². The average Bonchev–Trinajstić information content (AvgIpc) is 2.61. The maximum Gasteiger partial charge on any atom is 0.108 e. The van der Waals surface area contributed by atoms with Crippen molar-refractivity contribution in [2.75, 3.05) is 6.61 Å². The zero-order valence-electron chi connectivity index (χ0n) is 13.4. The van der Waals surface area contributed by atoms with Crippen molar-refractivity contribution in [3.63, 3.8) is 0 Å². The summed E-state index contributed by atoms with van der Waals surface area (Å²) < 4.78 is 6.64. The van der Waals surface area contributed by atoms with E-state index in [-0.39, 0.29) is 0 Å². The van der Waals surface area contributed by atoms with E-state index in [9.17, 15) is 0 Å². The molecule has 0 N–H and O–H groups in total. The molecule has 23 heavy (non-hydrogen) atoms. The maximum atomic E-state index is 5.59. The Morgan fingerprint density at radius 1 is 0.783 bits per heavy atom. The number of ether oxygens (including phenoxy) is 1. The minimum Gasteiger partial charge on any atom is -0.364 e. The Morgan fingerprint density at radius 2 is 1.52 bits per heavy atom. The summed E-state index contributed by atoms with van der Waals surface area (Å²) >= 11 is 2.37. The van der Waals surface area contributed by atoms with Gasteiger partial charge in [0.05, 0.1) is 6.61 Å². The Balaban J connectivity index is 1.52. The van der Waals surface area contributed by atoms with E-state index in [0.717, 1.165) is 23.7 Å². The minimum absolute atomic E-state index is 0.521. The molecule has 0 amide bonds. The van der Waals surface area contributed by atoms with Crippen molar-refractivity contribution in [1.29, 1.82) is 0 Å². The van der Waals surface area contributed by atoms with Crippen molar-refractivity contribution in [1.82, 2.24) is 0 Å². The van der Waals surface area contributed by atoms with Crippen LogP contribution in [0.4, 0.5) is 0 Å². The van der Waals surface area contributed by atoms with Crippen LogP contribution in [-0.4, -0.2) is 6.61 Å². The van der Waals surface area contributed by atoms with Gasteiger partial charge < -0.3 is 4.74 Å². The molecule has 1 nitrogen and oxygen atoms in total. The minimum atomic E-state index is 0.521. The second-order valence-electron chi connectivity index (χ2n) is 5.49. The quantitative estimate of drug-likeness (QED) is 0.236. The van der Waals surface area contributed by atoms with Crippen molar-refractivity contribution >= 4 is 22.6 Å². The fourth-order valence-electron chi connectivity index (χ4n) is 2.27. The lowest BCUT2D eigenvalue weighted by Crippen LogP contribution is -1.93. The molecule has 0 bridgehead atoms. The molecule has 0 fully saturated rings. The molecule has 0 atom stereocenters. The van der Waals surface area contributed by atoms with Crippen molar-refractivity contribution in [2.24, 2.45) is 0 Å². The van der Waals surface area contributed by atoms with Gasteiger partial charge in [0, 0.05) is 10.8 Å². The van der Waals surface area contributed by atoms with Crippen molar-refractivity contribution < 1.29 is 4.74 Å². The van der Waals surface area contributed by atoms with Crippen LogP contribution in [0.5, 0.6) is 0 Å². The normalized spacial score (nSPS) is 10.1. The zero-order valence-corrected chi connectivity index (χ0v) is 15.6. The fraction of sp³-hybridized carbons (Fsp3) is 0.333. The van der Waals surface area contributed by atoms with Gasteiger partial charge in [-0.1, -0.05) is 83.1 Å². The number of hydrogen-bond donors (Lipinski definition) is 0. The van der Waals surface area contributed by atoms with Gasteiger partial charge in [-0.2, -0.15) is 0 Å². The molecule has 0 aromatic heterocycles. The molecule has 2 aromatic carbocycles. The molecule has 0 heterocycles. The summed E-state index contributed by atoms with van der Waals surface area (Å²) in [6.07, 6.45) is 4.45. The van der Waals surface area contributed by atoms with E-state index in [1.54, 1.807) is 0 Å². The summed E-state index contributed by atoms with van der Waals surface area (Å²) in [6, 6.07) is 19.2. The lowest BCUT2D eigenvalue weighted by Gasteiger charge is -2.02. The van der Waals surface area contributed by atoms with Gasteiger partial charge in [-0.15, -0.1) is 5.92 Å². The third-order valence-corrected chi connectivity index (χ3v) is 4.49. The van der Waals surface area contributed by atoms with Gasteiger partial charge in [0.15, 0.2) is 0 Å². The molecule has 0 aliphatic heterocycles. The first-order chi connectivity index (χ1) is 11.4. The topological polar surface area (TPSA) is 9.23 Å². The summed E-state index contributed by atoms with van der Waals surface area (Å²) in [5, 5.41) is 0. The Morgan fingerprint density at radius 3 is 2.26 bits per heavy atom. The Kier molecular flexibility index (Phi) is 8.83. The lowest BCUT2D eigenvalue weighted by atomic mass is 10.1. The zero-order chi connectivity index (χ0) is 16.2. The number of hydrogen-bond acceptors (Lipinski definition) is 1. The smallest absolute Gasteiger partial charge is 0.108 e. The standard InChI is InChI=1S/C21H23IO/c22-17-20-12-14-21(15-13-20)18-23-16-8-3-1-2-5-9-19-10-6-4-7-11-19/h4,6-7,10-15H,1-2,5,9,16-18H2. The van der Waals surface area contributed by atoms with Crippen LogP contribution in [0.3, 0.4) is 0 Å². The Labute approximate surface area is 153 Å². The molecule has 0 saturated carbocycles. The van der Waals surface area contributed by atoms with E-state index in [1.165, 1.54) is 23.1 Å². The third-order valence-electron chi connectivity index (χ3n) is 3.61. The van der Waals surface area contributed by atoms with Gasteiger partial charge in [0.1, 0.15) is 6.61 Å². The molecular formula is C21H23IO. The van der Waals surface area contributed by atoms with E-state index in [2.05, 4.69) is 89.0 Å². The van der Waals surface area contributed by atoms with E-state index in [0.29, 0.717) is 13.2 Å². The number of unbranched alkanes of at least 4 members (excludes halogenated alkanes) is 2. The van der Waals surface area contributed by atoms with Gasteiger partial charge in [-0.3, -0.25) is 0 Å².